The number of anilines is 1. The molecule has 0 aliphatic rings. The molecule has 3 N–H and O–H groups in total. The first-order valence-electron chi connectivity index (χ1n) is 5.58. The van der Waals surface area contributed by atoms with Crippen molar-refractivity contribution in [3.05, 3.63) is 28.8 Å². The second-order valence-corrected chi connectivity index (χ2v) is 3.78. The number of rotatable bonds is 4. The first-order valence-corrected chi connectivity index (χ1v) is 5.58. The smallest absolute Gasteiger partial charge is 0.280 e. The van der Waals surface area contributed by atoms with Crippen molar-refractivity contribution in [3.63, 3.8) is 0 Å². The van der Waals surface area contributed by atoms with E-state index in [-0.39, 0.29) is 11.5 Å². The summed E-state index contributed by atoms with van der Waals surface area (Å²) in [7, 11) is 0. The summed E-state index contributed by atoms with van der Waals surface area (Å²) in [6.07, 6.45) is 7.89. The maximum atomic E-state index is 11.5. The molecule has 2 aromatic heterocycles. The number of aromatic amines is 1. The Kier molecular flexibility index (Phi) is 3.22. The molecule has 0 atom stereocenters. The third-order valence-corrected chi connectivity index (χ3v) is 2.42. The normalized spacial score (nSPS) is 11.6. The van der Waals surface area contributed by atoms with E-state index in [1.165, 1.54) is 0 Å². The molecule has 2 aromatic rings. The van der Waals surface area contributed by atoms with Gasteiger partial charge in [0.15, 0.2) is 11.2 Å². The van der Waals surface area contributed by atoms with Gasteiger partial charge in [-0.1, -0.05) is 25.5 Å². The molecule has 0 radical (unpaired) electrons. The number of imidazole rings is 1. The van der Waals surface area contributed by atoms with E-state index < -0.39 is 0 Å². The van der Waals surface area contributed by atoms with Crippen molar-refractivity contribution in [1.82, 2.24) is 19.5 Å². The molecule has 90 valence electrons. The Hall–Kier alpha value is -2.11. The van der Waals surface area contributed by atoms with Crippen LogP contribution in [0.25, 0.3) is 11.2 Å². The van der Waals surface area contributed by atoms with Gasteiger partial charge >= 0.3 is 0 Å². The van der Waals surface area contributed by atoms with E-state index in [2.05, 4.69) is 28.0 Å². The van der Waals surface area contributed by atoms with Crippen LogP contribution >= 0.6 is 0 Å². The van der Waals surface area contributed by atoms with Crippen molar-refractivity contribution in [2.75, 3.05) is 5.73 Å². The van der Waals surface area contributed by atoms with Gasteiger partial charge in [-0.15, -0.1) is 0 Å². The lowest BCUT2D eigenvalue weighted by Gasteiger charge is -1.99. The molecule has 2 heterocycles. The standard InChI is InChI=1S/C11H15N5O/c1-2-3-4-5-6-16-7-13-8-9(16)14-11(12)15-10(8)17/h4-5,7H,2-3,6H2,1H3,(H3,12,14,15,17)/b5-4-. The number of allylic oxidation sites excluding steroid dienone is 2. The number of nitrogens with zero attached hydrogens (tertiary/aromatic N) is 3. The molecule has 6 nitrogen and oxygen atoms in total. The van der Waals surface area contributed by atoms with E-state index in [0.717, 1.165) is 12.8 Å². The van der Waals surface area contributed by atoms with Crippen molar-refractivity contribution >= 4 is 17.1 Å². The molecule has 0 aliphatic heterocycles. The number of H-pyrrole nitrogens is 1. The van der Waals surface area contributed by atoms with E-state index in [4.69, 9.17) is 5.73 Å². The van der Waals surface area contributed by atoms with E-state index in [9.17, 15) is 4.79 Å². The number of hydrogen-bond donors (Lipinski definition) is 2. The van der Waals surface area contributed by atoms with Crippen molar-refractivity contribution < 1.29 is 0 Å². The average molecular weight is 233 g/mol. The van der Waals surface area contributed by atoms with Gasteiger partial charge in [-0.05, 0) is 6.42 Å². The highest BCUT2D eigenvalue weighted by Gasteiger charge is 2.07. The quantitative estimate of drug-likeness (QED) is 0.772. The molecule has 0 spiro atoms. The summed E-state index contributed by atoms with van der Waals surface area (Å²) < 4.78 is 1.80. The van der Waals surface area contributed by atoms with Crippen LogP contribution in [0.2, 0.25) is 0 Å². The predicted octanol–water partition coefficient (Wildman–Crippen LogP) is 1.06. The van der Waals surface area contributed by atoms with Crippen LogP contribution in [0.3, 0.4) is 0 Å². The van der Waals surface area contributed by atoms with Crippen LogP contribution in [0, 0.1) is 0 Å². The second-order valence-electron chi connectivity index (χ2n) is 3.78. The maximum Gasteiger partial charge on any atom is 0.280 e. The van der Waals surface area contributed by atoms with E-state index >= 15 is 0 Å². The van der Waals surface area contributed by atoms with Crippen LogP contribution in [0.4, 0.5) is 5.95 Å². The minimum absolute atomic E-state index is 0.113. The van der Waals surface area contributed by atoms with E-state index in [1.807, 2.05) is 6.08 Å². The molecular formula is C11H15N5O. The van der Waals surface area contributed by atoms with Crippen LogP contribution in [0.5, 0.6) is 0 Å². The summed E-state index contributed by atoms with van der Waals surface area (Å²) >= 11 is 0. The van der Waals surface area contributed by atoms with E-state index in [0.29, 0.717) is 17.7 Å². The lowest BCUT2D eigenvalue weighted by molar-refractivity contribution is 0.829. The minimum atomic E-state index is -0.302. The summed E-state index contributed by atoms with van der Waals surface area (Å²) in [4.78, 5) is 22.0. The number of hydrogen-bond acceptors (Lipinski definition) is 4. The molecule has 0 amide bonds. The van der Waals surface area contributed by atoms with Crippen LogP contribution in [0.15, 0.2) is 23.3 Å². The van der Waals surface area contributed by atoms with Crippen LogP contribution in [-0.2, 0) is 6.54 Å². The molecule has 0 saturated heterocycles. The highest BCUT2D eigenvalue weighted by atomic mass is 16.1. The van der Waals surface area contributed by atoms with Crippen molar-refractivity contribution in [1.29, 1.82) is 0 Å². The first-order chi connectivity index (χ1) is 8.22. The highest BCUT2D eigenvalue weighted by molar-refractivity contribution is 5.70. The molecule has 2 rings (SSSR count). The minimum Gasteiger partial charge on any atom is -0.369 e. The molecule has 17 heavy (non-hydrogen) atoms. The Balaban J connectivity index is 2.33. The second kappa shape index (κ2) is 4.82. The molecule has 0 bridgehead atoms. The summed E-state index contributed by atoms with van der Waals surface area (Å²) in [6, 6.07) is 0. The van der Waals surface area contributed by atoms with Gasteiger partial charge in [0.2, 0.25) is 5.95 Å². The number of nitrogen functional groups attached to an aromatic ring is 1. The molecule has 0 fully saturated rings. The maximum absolute atomic E-state index is 11.5. The zero-order valence-corrected chi connectivity index (χ0v) is 9.68. The first kappa shape index (κ1) is 11.4. The molecular weight excluding hydrogens is 218 g/mol. The Bertz CT molecular complexity index is 595. The number of nitrogens with two attached hydrogens (primary N) is 1. The van der Waals surface area contributed by atoms with E-state index in [1.54, 1.807) is 10.9 Å². The van der Waals surface area contributed by atoms with Crippen LogP contribution in [-0.4, -0.2) is 19.5 Å². The molecule has 0 aromatic carbocycles. The third-order valence-electron chi connectivity index (χ3n) is 2.42. The zero-order valence-electron chi connectivity index (χ0n) is 9.68. The van der Waals surface area contributed by atoms with Crippen molar-refractivity contribution in [2.45, 2.75) is 26.3 Å². The van der Waals surface area contributed by atoms with Gasteiger partial charge < -0.3 is 10.3 Å². The van der Waals surface area contributed by atoms with Gasteiger partial charge in [0.05, 0.1) is 6.33 Å². The predicted molar refractivity (Wildman–Crippen MR) is 66.6 cm³/mol. The fourth-order valence-electron chi connectivity index (χ4n) is 1.58. The Morgan fingerprint density at radius 2 is 2.35 bits per heavy atom. The lowest BCUT2D eigenvalue weighted by Crippen LogP contribution is -2.12. The molecule has 0 unspecified atom stereocenters. The van der Waals surface area contributed by atoms with Gasteiger partial charge in [-0.2, -0.15) is 4.98 Å². The van der Waals surface area contributed by atoms with Gasteiger partial charge in [-0.25, -0.2) is 4.98 Å². The summed E-state index contributed by atoms with van der Waals surface area (Å²) in [6.45, 7) is 2.77. The zero-order chi connectivity index (χ0) is 12.3. The number of aromatic nitrogens is 4. The fourth-order valence-corrected chi connectivity index (χ4v) is 1.58. The largest absolute Gasteiger partial charge is 0.369 e. The summed E-state index contributed by atoms with van der Waals surface area (Å²) in [5, 5.41) is 0. The topological polar surface area (TPSA) is 89.6 Å². The molecule has 6 heteroatoms. The number of fused-ring (bicyclic) bond motifs is 1. The summed E-state index contributed by atoms with van der Waals surface area (Å²) in [5.41, 5.74) is 6.04. The lowest BCUT2D eigenvalue weighted by atomic mass is 10.3. The number of nitrogens with one attached hydrogen (secondary N) is 1. The SMILES string of the molecule is CCC/C=C\Cn1cnc2c(=O)[nH]c(N)nc21. The Labute approximate surface area is 98.2 Å². The Morgan fingerprint density at radius 1 is 1.53 bits per heavy atom. The monoisotopic (exact) mass is 233 g/mol. The Morgan fingerprint density at radius 3 is 3.12 bits per heavy atom. The van der Waals surface area contributed by atoms with Gasteiger partial charge in [-0.3, -0.25) is 9.78 Å². The number of unbranched alkanes of at least 4 members (excludes halogenated alkanes) is 1. The van der Waals surface area contributed by atoms with Gasteiger partial charge in [0.1, 0.15) is 0 Å². The van der Waals surface area contributed by atoms with Crippen LogP contribution in [0.1, 0.15) is 19.8 Å². The highest BCUT2D eigenvalue weighted by Crippen LogP contribution is 2.06. The van der Waals surface area contributed by atoms with Crippen molar-refractivity contribution in [2.24, 2.45) is 0 Å². The average Bonchev–Trinajstić information content (AvgIpc) is 2.68. The molecule has 0 saturated carbocycles. The van der Waals surface area contributed by atoms with Crippen LogP contribution < -0.4 is 11.3 Å². The summed E-state index contributed by atoms with van der Waals surface area (Å²) in [5.74, 6) is 0.113. The fraction of sp³-hybridized carbons (Fsp3) is 0.364. The van der Waals surface area contributed by atoms with Gasteiger partial charge in [0.25, 0.3) is 5.56 Å². The van der Waals surface area contributed by atoms with Crippen molar-refractivity contribution in [3.8, 4) is 0 Å². The molecule has 0 aliphatic carbocycles. The van der Waals surface area contributed by atoms with Gasteiger partial charge in [0, 0.05) is 6.54 Å². The third kappa shape index (κ3) is 2.35.